The van der Waals surface area contributed by atoms with Gasteiger partial charge in [-0.05, 0) is 12.8 Å². The number of alkyl halides is 1. The fraction of sp³-hybridized carbons (Fsp3) is 0.778. The van der Waals surface area contributed by atoms with E-state index in [-0.39, 0.29) is 29.9 Å². The normalized spacial score (nSPS) is 15.0. The summed E-state index contributed by atoms with van der Waals surface area (Å²) >= 11 is 5.47. The molecule has 5 nitrogen and oxygen atoms in total. The topological polar surface area (TPSA) is 56.7 Å². The summed E-state index contributed by atoms with van der Waals surface area (Å²) in [6, 6.07) is 0. The standard InChI is InChI=1S/C9H17ClN4O.HI/c1-14(13-8(15)4-5-10)9-11-6-2-3-7-12-9;/h2-7H2,1H3,(H,11,12)(H,13,15);1H. The van der Waals surface area contributed by atoms with Crippen molar-refractivity contribution >= 4 is 47.4 Å². The second kappa shape index (κ2) is 8.86. The largest absolute Gasteiger partial charge is 0.355 e. The number of nitrogens with one attached hydrogen (secondary N) is 2. The zero-order chi connectivity index (χ0) is 11.1. The van der Waals surface area contributed by atoms with Gasteiger partial charge in [-0.25, -0.2) is 0 Å². The Bertz CT molecular complexity index is 250. The van der Waals surface area contributed by atoms with Crippen molar-refractivity contribution in [2.24, 2.45) is 4.99 Å². The van der Waals surface area contributed by atoms with Crippen LogP contribution in [0.3, 0.4) is 0 Å². The van der Waals surface area contributed by atoms with Crippen LogP contribution in [0.2, 0.25) is 0 Å². The van der Waals surface area contributed by atoms with Crippen LogP contribution in [0.5, 0.6) is 0 Å². The van der Waals surface area contributed by atoms with Gasteiger partial charge in [-0.15, -0.1) is 35.6 Å². The van der Waals surface area contributed by atoms with Crippen LogP contribution in [-0.4, -0.2) is 42.9 Å². The molecule has 0 saturated carbocycles. The van der Waals surface area contributed by atoms with E-state index >= 15 is 0 Å². The van der Waals surface area contributed by atoms with Crippen LogP contribution in [0.4, 0.5) is 0 Å². The summed E-state index contributed by atoms with van der Waals surface area (Å²) in [6.45, 7) is 1.70. The van der Waals surface area contributed by atoms with E-state index in [0.29, 0.717) is 12.3 Å². The van der Waals surface area contributed by atoms with Gasteiger partial charge in [-0.1, -0.05) is 0 Å². The number of hydrazine groups is 1. The fourth-order valence-electron chi connectivity index (χ4n) is 1.28. The first-order valence-corrected chi connectivity index (χ1v) is 5.65. The molecule has 0 aromatic heterocycles. The third-order valence-corrected chi connectivity index (χ3v) is 2.25. The first-order valence-electron chi connectivity index (χ1n) is 5.11. The summed E-state index contributed by atoms with van der Waals surface area (Å²) in [6.07, 6.45) is 2.51. The molecule has 0 saturated heterocycles. The minimum Gasteiger partial charge on any atom is -0.355 e. The van der Waals surface area contributed by atoms with Gasteiger partial charge in [-0.3, -0.25) is 20.2 Å². The average Bonchev–Trinajstić information content (AvgIpc) is 2.45. The average molecular weight is 361 g/mol. The number of hydrogen-bond donors (Lipinski definition) is 2. The number of rotatable bonds is 2. The fourth-order valence-corrected chi connectivity index (χ4v) is 1.46. The van der Waals surface area contributed by atoms with Crippen molar-refractivity contribution in [3.8, 4) is 0 Å². The zero-order valence-corrected chi connectivity index (χ0v) is 12.4. The zero-order valence-electron chi connectivity index (χ0n) is 9.33. The number of nitrogens with zero attached hydrogens (tertiary/aromatic N) is 2. The molecule has 16 heavy (non-hydrogen) atoms. The van der Waals surface area contributed by atoms with Crippen molar-refractivity contribution in [3.05, 3.63) is 0 Å². The van der Waals surface area contributed by atoms with Gasteiger partial charge < -0.3 is 5.32 Å². The predicted octanol–water partition coefficient (Wildman–Crippen LogP) is 0.936. The van der Waals surface area contributed by atoms with Crippen molar-refractivity contribution in [2.75, 3.05) is 26.0 Å². The monoisotopic (exact) mass is 360 g/mol. The van der Waals surface area contributed by atoms with Crippen LogP contribution >= 0.6 is 35.6 Å². The van der Waals surface area contributed by atoms with Crippen LogP contribution in [0, 0.1) is 0 Å². The van der Waals surface area contributed by atoms with E-state index in [9.17, 15) is 4.79 Å². The molecule has 0 radical (unpaired) electrons. The maximum atomic E-state index is 11.3. The van der Waals surface area contributed by atoms with Crippen LogP contribution in [0.1, 0.15) is 19.3 Å². The van der Waals surface area contributed by atoms with Crippen molar-refractivity contribution < 1.29 is 4.79 Å². The number of carbonyl (C=O) groups excluding carboxylic acids is 1. The van der Waals surface area contributed by atoms with Crippen LogP contribution in [0.15, 0.2) is 4.99 Å². The summed E-state index contributed by atoms with van der Waals surface area (Å²) in [7, 11) is 1.77. The molecule has 94 valence electrons. The number of aliphatic imine (C=N–C) groups is 1. The third-order valence-electron chi connectivity index (χ3n) is 2.06. The highest BCUT2D eigenvalue weighted by atomic mass is 127. The van der Waals surface area contributed by atoms with Gasteiger partial charge in [0.1, 0.15) is 0 Å². The Kier molecular flexibility index (Phi) is 8.73. The molecule has 0 aromatic carbocycles. The molecule has 0 fully saturated rings. The molecule has 1 amide bonds. The molecule has 0 bridgehead atoms. The lowest BCUT2D eigenvalue weighted by Gasteiger charge is -2.21. The van der Waals surface area contributed by atoms with Gasteiger partial charge in [0.25, 0.3) is 0 Å². The molecule has 0 spiro atoms. The Hall–Kier alpha value is -0.240. The Morgan fingerprint density at radius 2 is 2.38 bits per heavy atom. The Balaban J connectivity index is 0.00000225. The van der Waals surface area contributed by atoms with E-state index in [1.165, 1.54) is 0 Å². The predicted molar refractivity (Wildman–Crippen MR) is 76.2 cm³/mol. The second-order valence-corrected chi connectivity index (χ2v) is 3.75. The summed E-state index contributed by atoms with van der Waals surface area (Å²) in [5.41, 5.74) is 2.69. The second-order valence-electron chi connectivity index (χ2n) is 3.37. The third kappa shape index (κ3) is 5.74. The highest BCUT2D eigenvalue weighted by Crippen LogP contribution is 1.95. The molecule has 1 aliphatic heterocycles. The molecule has 0 aliphatic carbocycles. The van der Waals surface area contributed by atoms with E-state index in [4.69, 9.17) is 11.6 Å². The van der Waals surface area contributed by atoms with Crippen molar-refractivity contribution in [3.63, 3.8) is 0 Å². The molecule has 1 aliphatic rings. The molecule has 0 unspecified atom stereocenters. The maximum absolute atomic E-state index is 11.3. The summed E-state index contributed by atoms with van der Waals surface area (Å²) < 4.78 is 0. The lowest BCUT2D eigenvalue weighted by Crippen LogP contribution is -2.49. The van der Waals surface area contributed by atoms with E-state index in [0.717, 1.165) is 31.9 Å². The smallest absolute Gasteiger partial charge is 0.239 e. The van der Waals surface area contributed by atoms with Gasteiger partial charge in [0.2, 0.25) is 11.9 Å². The number of halogens is 2. The maximum Gasteiger partial charge on any atom is 0.239 e. The lowest BCUT2D eigenvalue weighted by atomic mass is 10.3. The van der Waals surface area contributed by atoms with E-state index in [1.54, 1.807) is 12.1 Å². The number of guanidine groups is 1. The molecular formula is C9H18ClIN4O. The molecule has 0 aromatic rings. The summed E-state index contributed by atoms with van der Waals surface area (Å²) in [5.74, 6) is 0.955. The van der Waals surface area contributed by atoms with Gasteiger partial charge in [0, 0.05) is 32.4 Å². The molecule has 2 N–H and O–H groups in total. The minimum atomic E-state index is -0.0961. The van der Waals surface area contributed by atoms with E-state index < -0.39 is 0 Å². The lowest BCUT2D eigenvalue weighted by molar-refractivity contribution is -0.123. The number of carbonyl (C=O) groups is 1. The van der Waals surface area contributed by atoms with E-state index in [2.05, 4.69) is 15.7 Å². The van der Waals surface area contributed by atoms with Gasteiger partial charge in [0.15, 0.2) is 0 Å². The first kappa shape index (κ1) is 15.8. The summed E-state index contributed by atoms with van der Waals surface area (Å²) in [4.78, 5) is 15.6. The van der Waals surface area contributed by atoms with Crippen molar-refractivity contribution in [2.45, 2.75) is 19.3 Å². The highest BCUT2D eigenvalue weighted by molar-refractivity contribution is 14.0. The molecular weight excluding hydrogens is 342 g/mol. The van der Waals surface area contributed by atoms with Gasteiger partial charge in [0.05, 0.1) is 0 Å². The first-order chi connectivity index (χ1) is 7.24. The minimum absolute atomic E-state index is 0. The quantitative estimate of drug-likeness (QED) is 0.438. The molecule has 7 heteroatoms. The molecule has 0 atom stereocenters. The number of amides is 1. The SMILES string of the molecule is CN(NC(=O)CCCl)C1=NCCCCN1.I. The Labute approximate surface area is 118 Å². The van der Waals surface area contributed by atoms with E-state index in [1.807, 2.05) is 0 Å². The van der Waals surface area contributed by atoms with Gasteiger partial charge in [-0.2, -0.15) is 0 Å². The van der Waals surface area contributed by atoms with Crippen LogP contribution < -0.4 is 10.7 Å². The van der Waals surface area contributed by atoms with Crippen molar-refractivity contribution in [1.29, 1.82) is 0 Å². The molecule has 1 rings (SSSR count). The van der Waals surface area contributed by atoms with Crippen molar-refractivity contribution in [1.82, 2.24) is 15.8 Å². The van der Waals surface area contributed by atoms with Crippen LogP contribution in [-0.2, 0) is 4.79 Å². The number of hydrogen-bond acceptors (Lipinski definition) is 4. The Morgan fingerprint density at radius 1 is 1.62 bits per heavy atom. The van der Waals surface area contributed by atoms with Crippen LogP contribution in [0.25, 0.3) is 0 Å². The molecule has 1 heterocycles. The van der Waals surface area contributed by atoms with Gasteiger partial charge >= 0.3 is 0 Å². The Morgan fingerprint density at radius 3 is 3.06 bits per heavy atom. The summed E-state index contributed by atoms with van der Waals surface area (Å²) in [5, 5.41) is 4.77. The highest BCUT2D eigenvalue weighted by Gasteiger charge is 2.10.